The number of nitrogens with one attached hydrogen (secondary N) is 2. The van der Waals surface area contributed by atoms with Gasteiger partial charge in [0.15, 0.2) is 5.11 Å². The van der Waals surface area contributed by atoms with Crippen molar-refractivity contribution in [1.29, 1.82) is 0 Å². The average Bonchev–Trinajstić information content (AvgIpc) is 3.40. The molecule has 2 aliphatic rings. The SMILES string of the molecule is CCc1ccccc1NC(=O)CN1CCN(C(=S)NC2CC2)CC1. The molecule has 2 fully saturated rings. The molecule has 2 N–H and O–H groups in total. The average molecular weight is 347 g/mol. The number of hydrogen-bond acceptors (Lipinski definition) is 3. The Hall–Kier alpha value is -1.66. The molecule has 1 heterocycles. The molecule has 5 nitrogen and oxygen atoms in total. The van der Waals surface area contributed by atoms with Crippen molar-refractivity contribution in [1.82, 2.24) is 15.1 Å². The number of thiocarbonyl (C=S) groups is 1. The fraction of sp³-hybridized carbons (Fsp3) is 0.556. The lowest BCUT2D eigenvalue weighted by Crippen LogP contribution is -2.53. The summed E-state index contributed by atoms with van der Waals surface area (Å²) in [5.74, 6) is 0.0584. The number of aryl methyl sites for hydroxylation is 1. The van der Waals surface area contributed by atoms with Gasteiger partial charge in [-0.25, -0.2) is 0 Å². The van der Waals surface area contributed by atoms with E-state index in [1.807, 2.05) is 18.2 Å². The zero-order valence-electron chi connectivity index (χ0n) is 14.3. The number of carbonyl (C=O) groups is 1. The van der Waals surface area contributed by atoms with E-state index in [2.05, 4.69) is 33.4 Å². The van der Waals surface area contributed by atoms with Gasteiger partial charge in [-0.3, -0.25) is 9.69 Å². The molecule has 1 aliphatic carbocycles. The second-order valence-electron chi connectivity index (χ2n) is 6.55. The van der Waals surface area contributed by atoms with E-state index in [9.17, 15) is 4.79 Å². The molecule has 130 valence electrons. The van der Waals surface area contributed by atoms with Crippen molar-refractivity contribution >= 4 is 28.9 Å². The molecule has 6 heteroatoms. The highest BCUT2D eigenvalue weighted by Gasteiger charge is 2.26. The quantitative estimate of drug-likeness (QED) is 0.797. The van der Waals surface area contributed by atoms with E-state index in [0.29, 0.717) is 12.6 Å². The smallest absolute Gasteiger partial charge is 0.238 e. The zero-order valence-corrected chi connectivity index (χ0v) is 15.1. The Balaban J connectivity index is 1.43. The van der Waals surface area contributed by atoms with E-state index in [-0.39, 0.29) is 5.91 Å². The third-order valence-corrected chi connectivity index (χ3v) is 4.98. The number of rotatable bonds is 5. The largest absolute Gasteiger partial charge is 0.360 e. The number of hydrogen-bond donors (Lipinski definition) is 2. The van der Waals surface area contributed by atoms with Gasteiger partial charge in [0.1, 0.15) is 0 Å². The van der Waals surface area contributed by atoms with E-state index in [4.69, 9.17) is 12.2 Å². The van der Waals surface area contributed by atoms with Crippen molar-refractivity contribution in [3.05, 3.63) is 29.8 Å². The lowest BCUT2D eigenvalue weighted by atomic mass is 10.1. The fourth-order valence-corrected chi connectivity index (χ4v) is 3.30. The number of piperazine rings is 1. The molecule has 1 aromatic rings. The van der Waals surface area contributed by atoms with E-state index in [1.165, 1.54) is 18.4 Å². The maximum absolute atomic E-state index is 12.3. The first kappa shape index (κ1) is 17.2. The van der Waals surface area contributed by atoms with E-state index in [0.717, 1.165) is 43.4 Å². The molecule has 3 rings (SSSR count). The first-order chi connectivity index (χ1) is 11.7. The molecule has 1 saturated heterocycles. The van der Waals surface area contributed by atoms with Crippen LogP contribution in [0.1, 0.15) is 25.3 Å². The minimum Gasteiger partial charge on any atom is -0.360 e. The summed E-state index contributed by atoms with van der Waals surface area (Å²) in [6.07, 6.45) is 3.39. The van der Waals surface area contributed by atoms with Gasteiger partial charge in [0.25, 0.3) is 0 Å². The van der Waals surface area contributed by atoms with Gasteiger partial charge in [0.2, 0.25) is 5.91 Å². The maximum atomic E-state index is 12.3. The van der Waals surface area contributed by atoms with Crippen molar-refractivity contribution in [3.8, 4) is 0 Å². The van der Waals surface area contributed by atoms with Crippen molar-refractivity contribution in [2.24, 2.45) is 0 Å². The number of amides is 1. The Morgan fingerprint density at radius 1 is 1.21 bits per heavy atom. The van der Waals surface area contributed by atoms with Gasteiger partial charge in [-0.05, 0) is 43.1 Å². The summed E-state index contributed by atoms with van der Waals surface area (Å²) in [4.78, 5) is 16.7. The second-order valence-corrected chi connectivity index (χ2v) is 6.93. The Labute approximate surface area is 149 Å². The topological polar surface area (TPSA) is 47.6 Å². The number of carbonyl (C=O) groups excluding carboxylic acids is 1. The van der Waals surface area contributed by atoms with E-state index in [1.54, 1.807) is 0 Å². The molecule has 1 saturated carbocycles. The summed E-state index contributed by atoms with van der Waals surface area (Å²) in [5.41, 5.74) is 2.10. The summed E-state index contributed by atoms with van der Waals surface area (Å²) < 4.78 is 0. The van der Waals surface area contributed by atoms with Gasteiger partial charge in [0, 0.05) is 37.9 Å². The number of para-hydroxylation sites is 1. The van der Waals surface area contributed by atoms with Gasteiger partial charge in [-0.1, -0.05) is 25.1 Å². The Kier molecular flexibility index (Phi) is 5.68. The molecule has 0 unspecified atom stereocenters. The van der Waals surface area contributed by atoms with Crippen LogP contribution in [0.4, 0.5) is 5.69 Å². The van der Waals surface area contributed by atoms with Crippen LogP contribution < -0.4 is 10.6 Å². The van der Waals surface area contributed by atoms with Crippen LogP contribution in [-0.4, -0.2) is 59.6 Å². The predicted molar refractivity (Wildman–Crippen MR) is 101 cm³/mol. The van der Waals surface area contributed by atoms with E-state index >= 15 is 0 Å². The minimum absolute atomic E-state index is 0.0584. The Morgan fingerprint density at radius 2 is 1.92 bits per heavy atom. The lowest BCUT2D eigenvalue weighted by molar-refractivity contribution is -0.117. The van der Waals surface area contributed by atoms with Gasteiger partial charge in [0.05, 0.1) is 6.54 Å². The van der Waals surface area contributed by atoms with Gasteiger partial charge in [-0.2, -0.15) is 0 Å². The predicted octanol–water partition coefficient (Wildman–Crippen LogP) is 1.84. The first-order valence-corrected chi connectivity index (χ1v) is 9.22. The standard InChI is InChI=1S/C18H26N4OS/c1-2-14-5-3-4-6-16(14)20-17(23)13-21-9-11-22(12-10-21)18(24)19-15-7-8-15/h3-6,15H,2,7-13H2,1H3,(H,19,24)(H,20,23). The Bertz CT molecular complexity index is 594. The molecule has 0 atom stereocenters. The van der Waals surface area contributed by atoms with Crippen LogP contribution in [0.5, 0.6) is 0 Å². The third-order valence-electron chi connectivity index (χ3n) is 4.60. The van der Waals surface area contributed by atoms with Crippen molar-refractivity contribution in [3.63, 3.8) is 0 Å². The van der Waals surface area contributed by atoms with Crippen LogP contribution in [-0.2, 0) is 11.2 Å². The van der Waals surface area contributed by atoms with Crippen LogP contribution in [0.15, 0.2) is 24.3 Å². The first-order valence-electron chi connectivity index (χ1n) is 8.81. The summed E-state index contributed by atoms with van der Waals surface area (Å²) >= 11 is 5.45. The monoisotopic (exact) mass is 346 g/mol. The van der Waals surface area contributed by atoms with E-state index < -0.39 is 0 Å². The number of benzene rings is 1. The molecule has 1 aliphatic heterocycles. The minimum atomic E-state index is 0.0584. The number of nitrogens with zero attached hydrogens (tertiary/aromatic N) is 2. The fourth-order valence-electron chi connectivity index (χ4n) is 2.95. The number of anilines is 1. The molecule has 0 radical (unpaired) electrons. The molecular formula is C18H26N4OS. The summed E-state index contributed by atoms with van der Waals surface area (Å²) in [6.45, 7) is 6.05. The molecule has 1 amide bonds. The molecule has 0 aromatic heterocycles. The second kappa shape index (κ2) is 7.94. The van der Waals surface area contributed by atoms with Gasteiger partial charge < -0.3 is 15.5 Å². The highest BCUT2D eigenvalue weighted by molar-refractivity contribution is 7.80. The molecule has 1 aromatic carbocycles. The Morgan fingerprint density at radius 3 is 2.58 bits per heavy atom. The molecular weight excluding hydrogens is 320 g/mol. The van der Waals surface area contributed by atoms with Crippen LogP contribution in [0.2, 0.25) is 0 Å². The highest BCUT2D eigenvalue weighted by Crippen LogP contribution is 2.19. The normalized spacial score (nSPS) is 18.3. The van der Waals surface area contributed by atoms with Crippen LogP contribution in [0.25, 0.3) is 0 Å². The van der Waals surface area contributed by atoms with Crippen LogP contribution >= 0.6 is 12.2 Å². The highest BCUT2D eigenvalue weighted by atomic mass is 32.1. The summed E-state index contributed by atoms with van der Waals surface area (Å²) in [7, 11) is 0. The van der Waals surface area contributed by atoms with Gasteiger partial charge >= 0.3 is 0 Å². The molecule has 0 spiro atoms. The lowest BCUT2D eigenvalue weighted by Gasteiger charge is -2.35. The zero-order chi connectivity index (χ0) is 16.9. The van der Waals surface area contributed by atoms with Crippen molar-refractivity contribution in [2.75, 3.05) is 38.0 Å². The van der Waals surface area contributed by atoms with Crippen molar-refractivity contribution < 1.29 is 4.79 Å². The van der Waals surface area contributed by atoms with Gasteiger partial charge in [-0.15, -0.1) is 0 Å². The molecule has 0 bridgehead atoms. The third kappa shape index (κ3) is 4.68. The van der Waals surface area contributed by atoms with Crippen LogP contribution in [0.3, 0.4) is 0 Å². The van der Waals surface area contributed by atoms with Crippen LogP contribution in [0, 0.1) is 0 Å². The maximum Gasteiger partial charge on any atom is 0.238 e. The molecule has 24 heavy (non-hydrogen) atoms. The van der Waals surface area contributed by atoms with Crippen molar-refractivity contribution in [2.45, 2.75) is 32.2 Å². The summed E-state index contributed by atoms with van der Waals surface area (Å²) in [6, 6.07) is 8.59. The summed E-state index contributed by atoms with van der Waals surface area (Å²) in [5, 5.41) is 7.30.